The molecule has 0 saturated carbocycles. The van der Waals surface area contributed by atoms with Crippen molar-refractivity contribution in [1.82, 2.24) is 4.98 Å². The second kappa shape index (κ2) is 9.04. The van der Waals surface area contributed by atoms with Gasteiger partial charge in [-0.05, 0) is 53.6 Å². The third-order valence-electron chi connectivity index (χ3n) is 5.81. The molecule has 0 bridgehead atoms. The second-order valence-corrected chi connectivity index (χ2v) is 8.89. The first-order valence-corrected chi connectivity index (χ1v) is 11.5. The zero-order chi connectivity index (χ0) is 25.6. The van der Waals surface area contributed by atoms with Crippen molar-refractivity contribution in [1.29, 1.82) is 0 Å². The number of nitrogens with zero attached hydrogens (tertiary/aromatic N) is 2. The Hall–Kier alpha value is -4.31. The standard InChI is InChI=1S/C26H18F2N2O5S/c1-34-18-10-5-14(11-19(18)35-2)22-21(23(31)13-3-6-15(27)7-4-13)24(32)25(33)30(22)26-29-17-9-8-16(28)12-20(17)36-26/h3-12,22,31H,1-2H3/p-1. The lowest BCUT2D eigenvalue weighted by Gasteiger charge is -2.26. The van der Waals surface area contributed by atoms with Crippen molar-refractivity contribution in [3.8, 4) is 11.5 Å². The Balaban J connectivity index is 1.75. The minimum Gasteiger partial charge on any atom is -0.872 e. The average molecular weight is 507 g/mol. The van der Waals surface area contributed by atoms with Crippen LogP contribution in [0, 0.1) is 11.6 Å². The maximum atomic E-state index is 13.8. The molecule has 5 rings (SSSR count). The summed E-state index contributed by atoms with van der Waals surface area (Å²) in [6.07, 6.45) is 0. The van der Waals surface area contributed by atoms with Crippen LogP contribution in [0.4, 0.5) is 13.9 Å². The average Bonchev–Trinajstić information content (AvgIpc) is 3.41. The fraction of sp³-hybridized carbons (Fsp3) is 0.115. The Bertz CT molecular complexity index is 1550. The lowest BCUT2D eigenvalue weighted by atomic mass is 9.95. The quantitative estimate of drug-likeness (QED) is 0.230. The van der Waals surface area contributed by atoms with E-state index in [-0.39, 0.29) is 16.3 Å². The Morgan fingerprint density at radius 3 is 2.33 bits per heavy atom. The van der Waals surface area contributed by atoms with Gasteiger partial charge in [-0.15, -0.1) is 0 Å². The first kappa shape index (κ1) is 23.4. The van der Waals surface area contributed by atoms with Crippen molar-refractivity contribution in [2.75, 3.05) is 19.1 Å². The second-order valence-electron chi connectivity index (χ2n) is 7.88. The fourth-order valence-corrected chi connectivity index (χ4v) is 5.12. The number of carbonyl (C=O) groups excluding carboxylic acids is 2. The van der Waals surface area contributed by atoms with Crippen molar-refractivity contribution in [3.05, 3.63) is 89.0 Å². The highest BCUT2D eigenvalue weighted by molar-refractivity contribution is 7.22. The maximum absolute atomic E-state index is 13.8. The first-order chi connectivity index (χ1) is 17.3. The number of ketones is 1. The summed E-state index contributed by atoms with van der Waals surface area (Å²) in [6.45, 7) is 0. The normalized spacial score (nSPS) is 17.1. The topological polar surface area (TPSA) is 91.8 Å². The third kappa shape index (κ3) is 3.85. The van der Waals surface area contributed by atoms with Crippen LogP contribution in [0.1, 0.15) is 17.2 Å². The molecule has 10 heteroatoms. The van der Waals surface area contributed by atoms with E-state index in [0.717, 1.165) is 28.4 Å². The fourth-order valence-electron chi connectivity index (χ4n) is 4.10. The molecule has 0 aliphatic carbocycles. The number of methoxy groups -OCH3 is 2. The summed E-state index contributed by atoms with van der Waals surface area (Å²) < 4.78 is 38.4. The number of hydrogen-bond acceptors (Lipinski definition) is 7. The third-order valence-corrected chi connectivity index (χ3v) is 6.83. The molecule has 1 aliphatic rings. The van der Waals surface area contributed by atoms with Crippen LogP contribution in [0.25, 0.3) is 16.0 Å². The number of ether oxygens (including phenoxy) is 2. The smallest absolute Gasteiger partial charge is 0.301 e. The van der Waals surface area contributed by atoms with Gasteiger partial charge in [0.25, 0.3) is 0 Å². The molecule has 1 unspecified atom stereocenters. The number of halogens is 2. The molecule has 1 saturated heterocycles. The molecular formula is C26H17F2N2O5S-. The molecule has 182 valence electrons. The minimum atomic E-state index is -1.16. The Labute approximate surface area is 207 Å². The summed E-state index contributed by atoms with van der Waals surface area (Å²) in [4.78, 5) is 32.1. The van der Waals surface area contributed by atoms with E-state index < -0.39 is 35.1 Å². The maximum Gasteiger partial charge on any atom is 0.301 e. The van der Waals surface area contributed by atoms with Gasteiger partial charge in [0, 0.05) is 5.57 Å². The van der Waals surface area contributed by atoms with Crippen LogP contribution < -0.4 is 19.5 Å². The van der Waals surface area contributed by atoms with Crippen LogP contribution >= 0.6 is 11.3 Å². The van der Waals surface area contributed by atoms with E-state index in [0.29, 0.717) is 27.3 Å². The van der Waals surface area contributed by atoms with Crippen LogP contribution in [0.3, 0.4) is 0 Å². The highest BCUT2D eigenvalue weighted by atomic mass is 32.1. The van der Waals surface area contributed by atoms with E-state index in [1.165, 1.54) is 44.6 Å². The molecule has 1 aliphatic heterocycles. The summed E-state index contributed by atoms with van der Waals surface area (Å²) in [5, 5.41) is 13.6. The molecule has 4 aromatic rings. The van der Waals surface area contributed by atoms with E-state index >= 15 is 0 Å². The van der Waals surface area contributed by atoms with Gasteiger partial charge in [0.15, 0.2) is 16.6 Å². The van der Waals surface area contributed by atoms with Crippen molar-refractivity contribution in [2.24, 2.45) is 0 Å². The Kier molecular flexibility index (Phi) is 5.89. The first-order valence-electron chi connectivity index (χ1n) is 10.7. The summed E-state index contributed by atoms with van der Waals surface area (Å²) >= 11 is 1.01. The van der Waals surface area contributed by atoms with E-state index in [4.69, 9.17) is 9.47 Å². The molecule has 3 aromatic carbocycles. The number of aromatic nitrogens is 1. The van der Waals surface area contributed by atoms with Gasteiger partial charge in [-0.25, -0.2) is 13.8 Å². The zero-order valence-electron chi connectivity index (χ0n) is 19.0. The number of hydrogen-bond donors (Lipinski definition) is 0. The number of carbonyl (C=O) groups is 2. The van der Waals surface area contributed by atoms with Gasteiger partial charge < -0.3 is 14.6 Å². The molecule has 0 radical (unpaired) electrons. The predicted octanol–water partition coefficient (Wildman–Crippen LogP) is 4.02. The number of amides is 1. The van der Waals surface area contributed by atoms with Gasteiger partial charge in [0.05, 0.1) is 30.5 Å². The molecule has 1 aromatic heterocycles. The van der Waals surface area contributed by atoms with Gasteiger partial charge in [0.1, 0.15) is 11.6 Å². The van der Waals surface area contributed by atoms with Gasteiger partial charge in [-0.2, -0.15) is 0 Å². The van der Waals surface area contributed by atoms with Crippen molar-refractivity contribution in [3.63, 3.8) is 0 Å². The number of thiazole rings is 1. The molecule has 0 N–H and O–H groups in total. The van der Waals surface area contributed by atoms with Gasteiger partial charge in [-0.3, -0.25) is 14.5 Å². The summed E-state index contributed by atoms with van der Waals surface area (Å²) in [5.41, 5.74) is 0.555. The van der Waals surface area contributed by atoms with Crippen LogP contribution in [0.2, 0.25) is 0 Å². The van der Waals surface area contributed by atoms with E-state index in [2.05, 4.69) is 4.98 Å². The van der Waals surface area contributed by atoms with Crippen LogP contribution in [-0.2, 0) is 9.59 Å². The lowest BCUT2D eigenvalue weighted by molar-refractivity contribution is -0.245. The zero-order valence-corrected chi connectivity index (χ0v) is 19.8. The van der Waals surface area contributed by atoms with E-state index in [1.807, 2.05) is 0 Å². The molecule has 7 nitrogen and oxygen atoms in total. The monoisotopic (exact) mass is 507 g/mol. The SMILES string of the molecule is COc1ccc(C2C(=C([O-])c3ccc(F)cc3)C(=O)C(=O)N2c2nc3ccc(F)cc3s2)cc1OC. The van der Waals surface area contributed by atoms with Crippen LogP contribution in [-0.4, -0.2) is 30.9 Å². The largest absolute Gasteiger partial charge is 0.872 e. The van der Waals surface area contributed by atoms with Crippen LogP contribution in [0.15, 0.2) is 66.2 Å². The summed E-state index contributed by atoms with van der Waals surface area (Å²) in [5.74, 6) is -2.98. The van der Waals surface area contributed by atoms with Gasteiger partial charge in [0.2, 0.25) is 5.78 Å². The molecule has 1 atom stereocenters. The minimum absolute atomic E-state index is 0.0475. The Morgan fingerprint density at radius 2 is 1.64 bits per heavy atom. The number of rotatable bonds is 5. The van der Waals surface area contributed by atoms with Crippen molar-refractivity contribution >= 4 is 44.1 Å². The number of fused-ring (bicyclic) bond motifs is 1. The molecule has 1 fully saturated rings. The number of Topliss-reactive ketones (excluding diaryl/α,β-unsaturated/α-hetero) is 1. The highest BCUT2D eigenvalue weighted by Crippen LogP contribution is 2.45. The van der Waals surface area contributed by atoms with E-state index in [1.54, 1.807) is 18.2 Å². The molecule has 1 amide bonds. The number of benzene rings is 3. The molecule has 2 heterocycles. The highest BCUT2D eigenvalue weighted by Gasteiger charge is 2.46. The van der Waals surface area contributed by atoms with Gasteiger partial charge >= 0.3 is 5.91 Å². The predicted molar refractivity (Wildman–Crippen MR) is 128 cm³/mol. The molecule has 0 spiro atoms. The van der Waals surface area contributed by atoms with Gasteiger partial charge in [-0.1, -0.05) is 35.3 Å². The lowest BCUT2D eigenvalue weighted by Crippen LogP contribution is -2.29. The molecular weight excluding hydrogens is 490 g/mol. The summed E-state index contributed by atoms with van der Waals surface area (Å²) in [6, 6.07) is 12.3. The van der Waals surface area contributed by atoms with E-state index in [9.17, 15) is 23.5 Å². The molecule has 36 heavy (non-hydrogen) atoms. The van der Waals surface area contributed by atoms with Crippen molar-refractivity contribution < 1.29 is 33.0 Å². The van der Waals surface area contributed by atoms with Crippen LogP contribution in [0.5, 0.6) is 11.5 Å². The number of anilines is 1. The summed E-state index contributed by atoms with van der Waals surface area (Å²) in [7, 11) is 2.89. The van der Waals surface area contributed by atoms with Crippen molar-refractivity contribution in [2.45, 2.75) is 6.04 Å². The Morgan fingerprint density at radius 1 is 0.944 bits per heavy atom.